The molecule has 2 heterocycles. The van der Waals surface area contributed by atoms with Gasteiger partial charge in [0.15, 0.2) is 0 Å². The highest BCUT2D eigenvalue weighted by Crippen LogP contribution is 2.35. The summed E-state index contributed by atoms with van der Waals surface area (Å²) in [6.45, 7) is 8.02. The van der Waals surface area contributed by atoms with Gasteiger partial charge in [-0.05, 0) is 31.6 Å². The molecule has 2 N–H and O–H groups in total. The van der Waals surface area contributed by atoms with Crippen LogP contribution >= 0.6 is 15.9 Å². The number of fused-ring (bicyclic) bond motifs is 1. The Kier molecular flexibility index (Phi) is 5.36. The number of hydrogen-bond donors (Lipinski definition) is 2. The number of rotatable bonds is 5. The highest BCUT2D eigenvalue weighted by molar-refractivity contribution is 9.11. The Morgan fingerprint density at radius 2 is 1.72 bits per heavy atom. The summed E-state index contributed by atoms with van der Waals surface area (Å²) >= 11 is 3.40. The molecular formula is C25H22BrN3. The lowest BCUT2D eigenvalue weighted by Gasteiger charge is -2.03. The lowest BCUT2D eigenvalue weighted by molar-refractivity contribution is 1.25. The minimum absolute atomic E-state index is 0.824. The van der Waals surface area contributed by atoms with E-state index in [9.17, 15) is 0 Å². The fourth-order valence-electron chi connectivity index (χ4n) is 3.59. The molecule has 4 rings (SSSR count). The van der Waals surface area contributed by atoms with E-state index in [0.29, 0.717) is 0 Å². The average molecular weight is 444 g/mol. The maximum absolute atomic E-state index is 5.05. The molecule has 2 aromatic heterocycles. The van der Waals surface area contributed by atoms with Crippen molar-refractivity contribution in [1.29, 1.82) is 0 Å². The first-order chi connectivity index (χ1) is 14.1. The Morgan fingerprint density at radius 1 is 1.00 bits per heavy atom. The van der Waals surface area contributed by atoms with E-state index in [2.05, 4.69) is 75.8 Å². The first-order valence-electron chi connectivity index (χ1n) is 9.50. The largest absolute Gasteiger partial charge is 0.358 e. The van der Waals surface area contributed by atoms with Crippen molar-refractivity contribution in [2.24, 2.45) is 0 Å². The number of benzene rings is 2. The third-order valence-electron chi connectivity index (χ3n) is 4.92. The van der Waals surface area contributed by atoms with Crippen molar-refractivity contribution in [3.05, 3.63) is 95.3 Å². The number of imidazole rings is 1. The predicted octanol–water partition coefficient (Wildman–Crippen LogP) is 7.40. The Balaban J connectivity index is 1.95. The van der Waals surface area contributed by atoms with Crippen LogP contribution in [0.25, 0.3) is 39.1 Å². The van der Waals surface area contributed by atoms with Crippen LogP contribution in [0.3, 0.4) is 0 Å². The molecule has 0 saturated heterocycles. The van der Waals surface area contributed by atoms with Crippen LogP contribution in [0, 0.1) is 6.92 Å². The lowest BCUT2D eigenvalue weighted by Crippen LogP contribution is -1.87. The molecule has 0 amide bonds. The molecule has 0 aliphatic heterocycles. The Morgan fingerprint density at radius 3 is 2.45 bits per heavy atom. The third-order valence-corrected chi connectivity index (χ3v) is 5.19. The van der Waals surface area contributed by atoms with Crippen molar-refractivity contribution in [2.75, 3.05) is 0 Å². The number of aromatic nitrogens is 3. The first kappa shape index (κ1) is 19.2. The van der Waals surface area contributed by atoms with Crippen LogP contribution in [-0.2, 0) is 0 Å². The van der Waals surface area contributed by atoms with Gasteiger partial charge in [0.2, 0.25) is 0 Å². The summed E-state index contributed by atoms with van der Waals surface area (Å²) < 4.78 is 0.824. The standard InChI is InChI=1S/C25H22BrN3/c1-4-18(15-14-16(2)26)23-24(19-10-6-5-7-11-19)29-25(28-23)22-17(3)27-21-13-9-8-12-20(21)22/h4-15,27H,2H2,1,3H3,(H,28,29)/b15-14-,18-4+. The van der Waals surface area contributed by atoms with E-state index < -0.39 is 0 Å². The molecule has 29 heavy (non-hydrogen) atoms. The Bertz CT molecular complexity index is 1240. The number of halogens is 1. The zero-order valence-electron chi connectivity index (χ0n) is 16.5. The van der Waals surface area contributed by atoms with Gasteiger partial charge in [-0.25, -0.2) is 4.98 Å². The molecule has 0 bridgehead atoms. The molecule has 2 aromatic carbocycles. The SMILES string of the molecule is C=C(Br)/C=C\C(=C/C)c1[nH]c(-c2c(C)[nH]c3ccccc23)nc1-c1ccccc1. The van der Waals surface area contributed by atoms with Gasteiger partial charge < -0.3 is 9.97 Å². The van der Waals surface area contributed by atoms with Gasteiger partial charge in [-0.2, -0.15) is 0 Å². The van der Waals surface area contributed by atoms with Crippen LogP contribution in [0.2, 0.25) is 0 Å². The summed E-state index contributed by atoms with van der Waals surface area (Å²) in [5, 5.41) is 1.16. The zero-order chi connectivity index (χ0) is 20.4. The number of aryl methyl sites for hydroxylation is 1. The van der Waals surface area contributed by atoms with Gasteiger partial charge in [0.05, 0.1) is 11.4 Å². The highest BCUT2D eigenvalue weighted by atomic mass is 79.9. The van der Waals surface area contributed by atoms with Gasteiger partial charge in [0.25, 0.3) is 0 Å². The van der Waals surface area contributed by atoms with Crippen LogP contribution in [0.4, 0.5) is 0 Å². The number of nitrogens with zero attached hydrogens (tertiary/aromatic N) is 1. The summed E-state index contributed by atoms with van der Waals surface area (Å²) in [5.74, 6) is 0.860. The van der Waals surface area contributed by atoms with E-state index >= 15 is 0 Å². The lowest BCUT2D eigenvalue weighted by atomic mass is 10.0. The molecular weight excluding hydrogens is 422 g/mol. The molecule has 144 valence electrons. The summed E-state index contributed by atoms with van der Waals surface area (Å²) in [7, 11) is 0. The van der Waals surface area contributed by atoms with Crippen LogP contribution < -0.4 is 0 Å². The molecule has 0 spiro atoms. The highest BCUT2D eigenvalue weighted by Gasteiger charge is 2.19. The van der Waals surface area contributed by atoms with Crippen molar-refractivity contribution >= 4 is 32.4 Å². The van der Waals surface area contributed by atoms with E-state index in [1.807, 2.05) is 43.3 Å². The Labute approximate surface area is 179 Å². The maximum atomic E-state index is 5.05. The number of allylic oxidation sites excluding steroid dienone is 5. The monoisotopic (exact) mass is 443 g/mol. The average Bonchev–Trinajstić information content (AvgIpc) is 3.29. The van der Waals surface area contributed by atoms with Gasteiger partial charge in [0, 0.05) is 32.2 Å². The maximum Gasteiger partial charge on any atom is 0.140 e. The summed E-state index contributed by atoms with van der Waals surface area (Å²) in [5.41, 5.74) is 7.37. The fourth-order valence-corrected chi connectivity index (χ4v) is 3.72. The fraction of sp³-hybridized carbons (Fsp3) is 0.0800. The molecule has 0 unspecified atom stereocenters. The number of aromatic amines is 2. The van der Waals surface area contributed by atoms with Crippen molar-refractivity contribution in [3.63, 3.8) is 0 Å². The van der Waals surface area contributed by atoms with Crippen LogP contribution in [-0.4, -0.2) is 15.0 Å². The zero-order valence-corrected chi connectivity index (χ0v) is 18.0. The molecule has 0 radical (unpaired) electrons. The second-order valence-electron chi connectivity index (χ2n) is 6.87. The number of hydrogen-bond acceptors (Lipinski definition) is 1. The molecule has 4 aromatic rings. The Hall–Kier alpha value is -3.11. The van der Waals surface area contributed by atoms with E-state index in [-0.39, 0.29) is 0 Å². The number of H-pyrrole nitrogens is 2. The topological polar surface area (TPSA) is 44.5 Å². The second kappa shape index (κ2) is 8.10. The summed E-state index contributed by atoms with van der Waals surface area (Å²) in [6, 6.07) is 18.6. The van der Waals surface area contributed by atoms with Gasteiger partial charge >= 0.3 is 0 Å². The van der Waals surface area contributed by atoms with Gasteiger partial charge in [0.1, 0.15) is 5.82 Å². The predicted molar refractivity (Wildman–Crippen MR) is 127 cm³/mol. The minimum atomic E-state index is 0.824. The van der Waals surface area contributed by atoms with E-state index in [1.165, 1.54) is 0 Å². The quantitative estimate of drug-likeness (QED) is 0.310. The molecule has 0 aliphatic carbocycles. The van der Waals surface area contributed by atoms with Gasteiger partial charge in [-0.1, -0.05) is 83.2 Å². The van der Waals surface area contributed by atoms with E-state index in [1.54, 1.807) is 0 Å². The number of para-hydroxylation sites is 1. The van der Waals surface area contributed by atoms with Crippen molar-refractivity contribution in [3.8, 4) is 22.6 Å². The van der Waals surface area contributed by atoms with Crippen LogP contribution in [0.5, 0.6) is 0 Å². The molecule has 0 fully saturated rings. The smallest absolute Gasteiger partial charge is 0.140 e. The molecule has 4 heteroatoms. The van der Waals surface area contributed by atoms with Crippen molar-refractivity contribution in [1.82, 2.24) is 15.0 Å². The third kappa shape index (κ3) is 3.76. The normalized spacial score (nSPS) is 12.2. The molecule has 0 aliphatic rings. The summed E-state index contributed by atoms with van der Waals surface area (Å²) in [4.78, 5) is 12.1. The van der Waals surface area contributed by atoms with E-state index in [0.717, 1.165) is 55.0 Å². The van der Waals surface area contributed by atoms with Crippen LogP contribution in [0.15, 0.2) is 83.9 Å². The number of nitrogens with one attached hydrogen (secondary N) is 2. The van der Waals surface area contributed by atoms with Gasteiger partial charge in [-0.3, -0.25) is 0 Å². The second-order valence-corrected chi connectivity index (χ2v) is 7.89. The molecule has 0 atom stereocenters. The molecule has 3 nitrogen and oxygen atoms in total. The summed E-state index contributed by atoms with van der Waals surface area (Å²) in [6.07, 6.45) is 6.07. The van der Waals surface area contributed by atoms with Crippen molar-refractivity contribution < 1.29 is 0 Å². The van der Waals surface area contributed by atoms with E-state index in [4.69, 9.17) is 4.98 Å². The first-order valence-corrected chi connectivity index (χ1v) is 10.3. The molecule has 0 saturated carbocycles. The van der Waals surface area contributed by atoms with Crippen LogP contribution in [0.1, 0.15) is 18.3 Å². The minimum Gasteiger partial charge on any atom is -0.358 e. The van der Waals surface area contributed by atoms with Gasteiger partial charge in [-0.15, -0.1) is 0 Å². The van der Waals surface area contributed by atoms with Crippen molar-refractivity contribution in [2.45, 2.75) is 13.8 Å².